The van der Waals surface area contributed by atoms with E-state index in [4.69, 9.17) is 0 Å². The fourth-order valence-electron chi connectivity index (χ4n) is 2.35. The number of aromatic nitrogens is 3. The van der Waals surface area contributed by atoms with Gasteiger partial charge in [0.1, 0.15) is 12.2 Å². The van der Waals surface area contributed by atoms with Crippen molar-refractivity contribution in [3.8, 4) is 5.69 Å². The van der Waals surface area contributed by atoms with Gasteiger partial charge in [-0.25, -0.2) is 0 Å². The van der Waals surface area contributed by atoms with E-state index < -0.39 is 0 Å². The van der Waals surface area contributed by atoms with Crippen molar-refractivity contribution in [2.24, 2.45) is 5.92 Å². The molecule has 4 nitrogen and oxygen atoms in total. The third-order valence-electron chi connectivity index (χ3n) is 3.29. The fourth-order valence-corrected chi connectivity index (χ4v) is 2.35. The third-order valence-corrected chi connectivity index (χ3v) is 3.29. The molecule has 2 aromatic rings. The van der Waals surface area contributed by atoms with Crippen LogP contribution in [0.3, 0.4) is 0 Å². The summed E-state index contributed by atoms with van der Waals surface area (Å²) in [5.41, 5.74) is 1.14. The summed E-state index contributed by atoms with van der Waals surface area (Å²) in [6.07, 6.45) is 4.04. The van der Waals surface area contributed by atoms with Gasteiger partial charge in [-0.15, -0.1) is 10.2 Å². The topological polar surface area (TPSA) is 42.7 Å². The van der Waals surface area contributed by atoms with Gasteiger partial charge in [0.25, 0.3) is 0 Å². The van der Waals surface area contributed by atoms with Gasteiger partial charge in [-0.3, -0.25) is 4.57 Å². The van der Waals surface area contributed by atoms with Crippen molar-refractivity contribution in [1.29, 1.82) is 0 Å². The van der Waals surface area contributed by atoms with Gasteiger partial charge in [0.15, 0.2) is 0 Å². The molecule has 1 aliphatic rings. The van der Waals surface area contributed by atoms with Gasteiger partial charge in [0.05, 0.1) is 0 Å². The molecule has 88 valence electrons. The van der Waals surface area contributed by atoms with Gasteiger partial charge in [0.2, 0.25) is 0 Å². The highest BCUT2D eigenvalue weighted by Gasteiger charge is 2.18. The summed E-state index contributed by atoms with van der Waals surface area (Å²) in [5.74, 6) is 1.76. The van der Waals surface area contributed by atoms with Gasteiger partial charge >= 0.3 is 0 Å². The van der Waals surface area contributed by atoms with Crippen LogP contribution in [0.25, 0.3) is 5.69 Å². The first-order valence-electron chi connectivity index (χ1n) is 6.08. The first kappa shape index (κ1) is 10.5. The lowest BCUT2D eigenvalue weighted by Crippen LogP contribution is -2.13. The number of benzene rings is 1. The summed E-state index contributed by atoms with van der Waals surface area (Å²) in [6, 6.07) is 10.3. The molecule has 0 amide bonds. The maximum absolute atomic E-state index is 4.24. The van der Waals surface area contributed by atoms with E-state index >= 15 is 0 Å². The molecule has 0 aliphatic carbocycles. The number of para-hydroxylation sites is 1. The van der Waals surface area contributed by atoms with Gasteiger partial charge in [-0.05, 0) is 37.6 Å². The Balaban J connectivity index is 1.84. The number of hydrogen-bond donors (Lipinski definition) is 1. The van der Waals surface area contributed by atoms with Crippen LogP contribution in [0, 0.1) is 5.92 Å². The average Bonchev–Trinajstić information content (AvgIpc) is 3.02. The Bertz CT molecular complexity index is 471. The molecule has 1 saturated heterocycles. The minimum absolute atomic E-state index is 0.696. The number of nitrogens with one attached hydrogen (secondary N) is 1. The van der Waals surface area contributed by atoms with Crippen LogP contribution in [0.5, 0.6) is 0 Å². The Kier molecular flexibility index (Phi) is 2.88. The maximum Gasteiger partial charge on any atom is 0.137 e. The second-order valence-corrected chi connectivity index (χ2v) is 4.52. The highest BCUT2D eigenvalue weighted by molar-refractivity contribution is 5.32. The van der Waals surface area contributed by atoms with Crippen molar-refractivity contribution in [2.75, 3.05) is 13.1 Å². The van der Waals surface area contributed by atoms with E-state index in [1.54, 1.807) is 6.33 Å². The molecule has 1 aliphatic heterocycles. The molecule has 1 aromatic carbocycles. The standard InChI is InChI=1S/C13H16N4/c1-2-4-12(5-3-1)17-10-15-16-13(17)8-11-6-7-14-9-11/h1-5,10-11,14H,6-9H2. The SMILES string of the molecule is c1ccc(-n2cnnc2CC2CCNC2)cc1. The number of hydrogen-bond acceptors (Lipinski definition) is 3. The average molecular weight is 228 g/mol. The van der Waals surface area contributed by atoms with Crippen molar-refractivity contribution >= 4 is 0 Å². The van der Waals surface area contributed by atoms with Crippen LogP contribution in [-0.2, 0) is 6.42 Å². The van der Waals surface area contributed by atoms with E-state index in [1.807, 2.05) is 18.2 Å². The number of nitrogens with zero attached hydrogens (tertiary/aromatic N) is 3. The van der Waals surface area contributed by atoms with E-state index in [-0.39, 0.29) is 0 Å². The van der Waals surface area contributed by atoms with Crippen molar-refractivity contribution in [3.05, 3.63) is 42.5 Å². The minimum atomic E-state index is 0.696. The summed E-state index contributed by atoms with van der Waals surface area (Å²) in [6.45, 7) is 2.23. The normalized spacial score (nSPS) is 19.6. The molecule has 1 N–H and O–H groups in total. The molecule has 0 saturated carbocycles. The van der Waals surface area contributed by atoms with Gasteiger partial charge < -0.3 is 5.32 Å². The zero-order chi connectivity index (χ0) is 11.5. The third kappa shape index (κ3) is 2.22. The Morgan fingerprint density at radius 2 is 2.18 bits per heavy atom. The molecular weight excluding hydrogens is 212 g/mol. The van der Waals surface area contributed by atoms with Gasteiger partial charge in [0, 0.05) is 12.1 Å². The maximum atomic E-state index is 4.24. The molecule has 0 bridgehead atoms. The monoisotopic (exact) mass is 228 g/mol. The second-order valence-electron chi connectivity index (χ2n) is 4.52. The lowest BCUT2D eigenvalue weighted by atomic mass is 10.0. The Morgan fingerprint density at radius 3 is 2.94 bits per heavy atom. The van der Waals surface area contributed by atoms with Crippen LogP contribution in [-0.4, -0.2) is 27.9 Å². The Labute approximate surface area is 101 Å². The molecule has 0 spiro atoms. The highest BCUT2D eigenvalue weighted by Crippen LogP contribution is 2.16. The van der Waals surface area contributed by atoms with Crippen molar-refractivity contribution < 1.29 is 0 Å². The lowest BCUT2D eigenvalue weighted by Gasteiger charge is -2.09. The molecule has 4 heteroatoms. The molecule has 17 heavy (non-hydrogen) atoms. The Morgan fingerprint density at radius 1 is 1.29 bits per heavy atom. The van der Waals surface area contributed by atoms with Crippen LogP contribution in [0.2, 0.25) is 0 Å². The van der Waals surface area contributed by atoms with Crippen LogP contribution in [0.4, 0.5) is 0 Å². The number of rotatable bonds is 3. The smallest absolute Gasteiger partial charge is 0.137 e. The van der Waals surface area contributed by atoms with Crippen molar-refractivity contribution in [1.82, 2.24) is 20.1 Å². The van der Waals surface area contributed by atoms with Crippen LogP contribution >= 0.6 is 0 Å². The summed E-state index contributed by atoms with van der Waals surface area (Å²) >= 11 is 0. The summed E-state index contributed by atoms with van der Waals surface area (Å²) < 4.78 is 2.08. The molecule has 1 atom stereocenters. The van der Waals surface area contributed by atoms with E-state index in [0.717, 1.165) is 31.0 Å². The lowest BCUT2D eigenvalue weighted by molar-refractivity contribution is 0.555. The Hall–Kier alpha value is -1.68. The zero-order valence-electron chi connectivity index (χ0n) is 9.71. The second kappa shape index (κ2) is 4.67. The predicted octanol–water partition coefficient (Wildman–Crippen LogP) is 1.42. The zero-order valence-corrected chi connectivity index (χ0v) is 9.71. The van der Waals surface area contributed by atoms with E-state index in [0.29, 0.717) is 5.92 Å². The summed E-state index contributed by atoms with van der Waals surface area (Å²) in [5, 5.41) is 11.7. The first-order valence-corrected chi connectivity index (χ1v) is 6.08. The van der Waals surface area contributed by atoms with Crippen molar-refractivity contribution in [3.63, 3.8) is 0 Å². The predicted molar refractivity (Wildman–Crippen MR) is 66.0 cm³/mol. The molecule has 3 rings (SSSR count). The summed E-state index contributed by atoms with van der Waals surface area (Å²) in [7, 11) is 0. The van der Waals surface area contributed by atoms with E-state index in [2.05, 4.69) is 32.2 Å². The quantitative estimate of drug-likeness (QED) is 0.864. The largest absolute Gasteiger partial charge is 0.316 e. The van der Waals surface area contributed by atoms with Crippen LogP contribution in [0.1, 0.15) is 12.2 Å². The van der Waals surface area contributed by atoms with Crippen LogP contribution < -0.4 is 5.32 Å². The van der Waals surface area contributed by atoms with Crippen LogP contribution in [0.15, 0.2) is 36.7 Å². The first-order chi connectivity index (χ1) is 8.43. The van der Waals surface area contributed by atoms with E-state index in [9.17, 15) is 0 Å². The van der Waals surface area contributed by atoms with Gasteiger partial charge in [-0.1, -0.05) is 18.2 Å². The van der Waals surface area contributed by atoms with E-state index in [1.165, 1.54) is 6.42 Å². The van der Waals surface area contributed by atoms with Crippen molar-refractivity contribution in [2.45, 2.75) is 12.8 Å². The molecule has 1 unspecified atom stereocenters. The molecule has 0 radical (unpaired) electrons. The molecule has 1 fully saturated rings. The molecule has 2 heterocycles. The minimum Gasteiger partial charge on any atom is -0.316 e. The molecule has 1 aromatic heterocycles. The van der Waals surface area contributed by atoms with Gasteiger partial charge in [-0.2, -0.15) is 0 Å². The highest BCUT2D eigenvalue weighted by atomic mass is 15.3. The fraction of sp³-hybridized carbons (Fsp3) is 0.385. The summed E-state index contributed by atoms with van der Waals surface area (Å²) in [4.78, 5) is 0. The molecular formula is C13H16N4.